The maximum atomic E-state index is 13.1. The van der Waals surface area contributed by atoms with Crippen LogP contribution >= 0.6 is 11.3 Å². The van der Waals surface area contributed by atoms with E-state index >= 15 is 0 Å². The zero-order chi connectivity index (χ0) is 21.0. The van der Waals surface area contributed by atoms with E-state index in [0.717, 1.165) is 12.0 Å². The molecule has 0 atom stereocenters. The first kappa shape index (κ1) is 21.0. The third-order valence-corrected chi connectivity index (χ3v) is 6.13. The van der Waals surface area contributed by atoms with Crippen LogP contribution in [-0.2, 0) is 24.2 Å². The summed E-state index contributed by atoms with van der Waals surface area (Å²) in [6.45, 7) is 6.73. The molecular formula is C22H26N2O4S. The number of esters is 1. The molecule has 0 saturated carbocycles. The summed E-state index contributed by atoms with van der Waals surface area (Å²) in [5, 5.41) is 0.444. The van der Waals surface area contributed by atoms with Gasteiger partial charge in [0, 0.05) is 13.1 Å². The molecule has 7 heteroatoms. The van der Waals surface area contributed by atoms with E-state index in [0.29, 0.717) is 53.2 Å². The molecule has 2 heterocycles. The predicted octanol–water partition coefficient (Wildman–Crippen LogP) is 3.75. The number of hydrogen-bond donors (Lipinski definition) is 0. The van der Waals surface area contributed by atoms with E-state index in [9.17, 15) is 14.4 Å². The Balaban J connectivity index is 2.15. The average molecular weight is 415 g/mol. The first-order valence-corrected chi connectivity index (χ1v) is 10.8. The second-order valence-electron chi connectivity index (χ2n) is 7.00. The van der Waals surface area contributed by atoms with Gasteiger partial charge in [-0.15, -0.1) is 11.3 Å². The molecule has 0 amide bonds. The second-order valence-corrected chi connectivity index (χ2v) is 8.00. The lowest BCUT2D eigenvalue weighted by Crippen LogP contribution is -2.40. The molecule has 0 aliphatic heterocycles. The number of carbonyl (C=O) groups is 1. The fraction of sp³-hybridized carbons (Fsp3) is 0.409. The Labute approximate surface area is 173 Å². The van der Waals surface area contributed by atoms with E-state index in [1.54, 1.807) is 11.5 Å². The molecule has 6 nitrogen and oxygen atoms in total. The minimum absolute atomic E-state index is 0.324. The zero-order valence-corrected chi connectivity index (χ0v) is 17.9. The number of hydrogen-bond acceptors (Lipinski definition) is 5. The maximum Gasteiger partial charge on any atom is 0.348 e. The molecule has 0 fully saturated rings. The van der Waals surface area contributed by atoms with E-state index in [1.807, 2.05) is 44.2 Å². The van der Waals surface area contributed by atoms with Crippen LogP contribution in [0, 0.1) is 6.92 Å². The van der Waals surface area contributed by atoms with Crippen molar-refractivity contribution in [3.8, 4) is 0 Å². The Morgan fingerprint density at radius 1 is 1.03 bits per heavy atom. The van der Waals surface area contributed by atoms with Crippen molar-refractivity contribution >= 4 is 27.5 Å². The van der Waals surface area contributed by atoms with E-state index < -0.39 is 5.97 Å². The van der Waals surface area contributed by atoms with Gasteiger partial charge in [0.1, 0.15) is 9.71 Å². The van der Waals surface area contributed by atoms with E-state index in [4.69, 9.17) is 4.74 Å². The van der Waals surface area contributed by atoms with Crippen molar-refractivity contribution in [2.24, 2.45) is 0 Å². The van der Waals surface area contributed by atoms with Gasteiger partial charge in [-0.3, -0.25) is 13.9 Å². The zero-order valence-electron chi connectivity index (χ0n) is 17.1. The van der Waals surface area contributed by atoms with Crippen molar-refractivity contribution in [1.82, 2.24) is 9.13 Å². The van der Waals surface area contributed by atoms with Gasteiger partial charge in [0.25, 0.3) is 5.56 Å². The lowest BCUT2D eigenvalue weighted by atomic mass is 10.1. The minimum Gasteiger partial charge on any atom is -0.462 e. The topological polar surface area (TPSA) is 70.3 Å². The smallest absolute Gasteiger partial charge is 0.348 e. The number of aryl methyl sites for hydroxylation is 3. The molecule has 0 saturated heterocycles. The van der Waals surface area contributed by atoms with Crippen LogP contribution in [0.25, 0.3) is 10.2 Å². The molecule has 0 spiro atoms. The van der Waals surface area contributed by atoms with Gasteiger partial charge in [-0.2, -0.15) is 0 Å². The molecule has 0 aliphatic rings. The van der Waals surface area contributed by atoms with Gasteiger partial charge in [-0.1, -0.05) is 44.2 Å². The van der Waals surface area contributed by atoms with Crippen LogP contribution in [0.2, 0.25) is 0 Å². The summed E-state index contributed by atoms with van der Waals surface area (Å²) < 4.78 is 8.20. The molecule has 0 radical (unpaired) electrons. The lowest BCUT2D eigenvalue weighted by Gasteiger charge is -2.11. The number of rotatable bonds is 8. The highest BCUT2D eigenvalue weighted by molar-refractivity contribution is 7.20. The third kappa shape index (κ3) is 4.19. The second kappa shape index (κ2) is 9.22. The van der Waals surface area contributed by atoms with E-state index in [2.05, 4.69) is 0 Å². The van der Waals surface area contributed by atoms with E-state index in [1.165, 1.54) is 15.9 Å². The fourth-order valence-electron chi connectivity index (χ4n) is 3.35. The van der Waals surface area contributed by atoms with Gasteiger partial charge in [0.2, 0.25) is 0 Å². The molecule has 0 unspecified atom stereocenters. The molecule has 0 aliphatic carbocycles. The van der Waals surface area contributed by atoms with Crippen LogP contribution in [-0.4, -0.2) is 21.7 Å². The van der Waals surface area contributed by atoms with Crippen molar-refractivity contribution in [2.45, 2.75) is 53.1 Å². The molecular weight excluding hydrogens is 388 g/mol. The highest BCUT2D eigenvalue weighted by atomic mass is 32.1. The average Bonchev–Trinajstić information content (AvgIpc) is 3.07. The number of fused-ring (bicyclic) bond motifs is 1. The summed E-state index contributed by atoms with van der Waals surface area (Å²) in [4.78, 5) is 39.6. The van der Waals surface area contributed by atoms with Crippen LogP contribution in [0.4, 0.5) is 0 Å². The lowest BCUT2D eigenvalue weighted by molar-refractivity contribution is 0.0510. The summed E-state index contributed by atoms with van der Waals surface area (Å²) in [6.07, 6.45) is 2.06. The molecule has 3 aromatic rings. The number of aromatic nitrogens is 2. The van der Waals surface area contributed by atoms with Crippen LogP contribution in [0.5, 0.6) is 0 Å². The van der Waals surface area contributed by atoms with Gasteiger partial charge in [0.15, 0.2) is 0 Å². The van der Waals surface area contributed by atoms with Crippen LogP contribution < -0.4 is 11.2 Å². The quantitative estimate of drug-likeness (QED) is 0.526. The normalized spacial score (nSPS) is 11.1. The number of carbonyl (C=O) groups excluding carboxylic acids is 1. The Kier molecular flexibility index (Phi) is 6.69. The summed E-state index contributed by atoms with van der Waals surface area (Å²) in [5.74, 6) is -0.436. The SMILES string of the molecule is CCCOC(=O)c1sc2c(c1C)c(=O)n(CCC)c(=O)n2CCc1ccccc1. The molecule has 2 aromatic heterocycles. The van der Waals surface area contributed by atoms with Gasteiger partial charge in [-0.05, 0) is 37.3 Å². The molecule has 0 N–H and O–H groups in total. The fourth-order valence-corrected chi connectivity index (χ4v) is 4.57. The van der Waals surface area contributed by atoms with Gasteiger partial charge in [-0.25, -0.2) is 9.59 Å². The first-order valence-electron chi connectivity index (χ1n) is 9.97. The number of thiophene rings is 1. The Bertz CT molecular complexity index is 1130. The van der Waals surface area contributed by atoms with Gasteiger partial charge in [0.05, 0.1) is 12.0 Å². The van der Waals surface area contributed by atoms with Gasteiger partial charge < -0.3 is 4.74 Å². The highest BCUT2D eigenvalue weighted by Crippen LogP contribution is 2.28. The maximum absolute atomic E-state index is 13.1. The Morgan fingerprint density at radius 3 is 2.41 bits per heavy atom. The van der Waals surface area contributed by atoms with Crippen molar-refractivity contribution in [3.05, 3.63) is 67.2 Å². The molecule has 0 bridgehead atoms. The standard InChI is InChI=1S/C22H26N2O4S/c1-4-12-23-19(25)17-15(3)18(21(26)28-14-5-2)29-20(17)24(22(23)27)13-11-16-9-7-6-8-10-16/h6-10H,4-5,11-14H2,1-3H3. The molecule has 1 aromatic carbocycles. The number of nitrogens with zero attached hydrogens (tertiary/aromatic N) is 2. The van der Waals surface area contributed by atoms with Crippen molar-refractivity contribution in [3.63, 3.8) is 0 Å². The van der Waals surface area contributed by atoms with Crippen LogP contribution in [0.15, 0.2) is 39.9 Å². The van der Waals surface area contributed by atoms with Crippen molar-refractivity contribution < 1.29 is 9.53 Å². The third-order valence-electron chi connectivity index (χ3n) is 4.83. The molecule has 154 valence electrons. The number of benzene rings is 1. The first-order chi connectivity index (χ1) is 14.0. The summed E-state index contributed by atoms with van der Waals surface area (Å²) in [5.41, 5.74) is 1.05. The van der Waals surface area contributed by atoms with Crippen molar-refractivity contribution in [2.75, 3.05) is 6.61 Å². The van der Waals surface area contributed by atoms with Crippen molar-refractivity contribution in [1.29, 1.82) is 0 Å². The summed E-state index contributed by atoms with van der Waals surface area (Å²) >= 11 is 1.17. The molecule has 3 rings (SSSR count). The van der Waals surface area contributed by atoms with Crippen LogP contribution in [0.1, 0.15) is 47.5 Å². The predicted molar refractivity (Wildman–Crippen MR) is 116 cm³/mol. The van der Waals surface area contributed by atoms with Crippen LogP contribution in [0.3, 0.4) is 0 Å². The Hall–Kier alpha value is -2.67. The minimum atomic E-state index is -0.436. The van der Waals surface area contributed by atoms with Gasteiger partial charge >= 0.3 is 11.7 Å². The Morgan fingerprint density at radius 2 is 1.76 bits per heavy atom. The largest absolute Gasteiger partial charge is 0.462 e. The monoisotopic (exact) mass is 414 g/mol. The highest BCUT2D eigenvalue weighted by Gasteiger charge is 2.23. The number of ether oxygens (including phenoxy) is 1. The summed E-state index contributed by atoms with van der Waals surface area (Å²) in [6, 6.07) is 9.90. The molecule has 29 heavy (non-hydrogen) atoms. The summed E-state index contributed by atoms with van der Waals surface area (Å²) in [7, 11) is 0. The van der Waals surface area contributed by atoms with E-state index in [-0.39, 0.29) is 11.2 Å².